The average molecular weight is 459 g/mol. The summed E-state index contributed by atoms with van der Waals surface area (Å²) in [7, 11) is 0. The third-order valence-electron chi connectivity index (χ3n) is 4.81. The Bertz CT molecular complexity index is 863. The number of nitrogens with one attached hydrogen (secondary N) is 1. The van der Waals surface area contributed by atoms with Gasteiger partial charge >= 0.3 is 12.1 Å². The number of carboxylic acids is 1. The van der Waals surface area contributed by atoms with Crippen LogP contribution < -0.4 is 5.32 Å². The van der Waals surface area contributed by atoms with E-state index in [1.54, 1.807) is 18.3 Å². The summed E-state index contributed by atoms with van der Waals surface area (Å²) in [6.07, 6.45) is 1.31. The summed E-state index contributed by atoms with van der Waals surface area (Å²) < 4.78 is 50.0. The zero-order chi connectivity index (χ0) is 23.6. The zero-order valence-corrected chi connectivity index (χ0v) is 17.3. The number of piperidine rings is 1. The number of carbonyl (C=O) groups is 2. The van der Waals surface area contributed by atoms with Crippen LogP contribution in [0.1, 0.15) is 31.2 Å². The SMILES string of the molecule is O=C(CCc1cnoc1-c1ccc(F)cc1)NCCN1CCCCC1.O=C(O)C(F)(F)F. The Balaban J connectivity index is 0.000000451. The second kappa shape index (κ2) is 12.2. The molecule has 1 aliphatic heterocycles. The van der Waals surface area contributed by atoms with Crippen LogP contribution in [0.25, 0.3) is 11.3 Å². The molecule has 1 amide bonds. The highest BCUT2D eigenvalue weighted by atomic mass is 19.4. The molecule has 1 saturated heterocycles. The Morgan fingerprint density at radius 3 is 2.34 bits per heavy atom. The quantitative estimate of drug-likeness (QED) is 0.614. The van der Waals surface area contributed by atoms with Crippen molar-refractivity contribution >= 4 is 11.9 Å². The summed E-state index contributed by atoms with van der Waals surface area (Å²) in [5, 5.41) is 13.9. The van der Waals surface area contributed by atoms with Crippen molar-refractivity contribution in [2.75, 3.05) is 26.2 Å². The number of alkyl halides is 3. The molecule has 0 bridgehead atoms. The van der Waals surface area contributed by atoms with Crippen molar-refractivity contribution in [2.24, 2.45) is 0 Å². The molecule has 1 aliphatic rings. The van der Waals surface area contributed by atoms with E-state index in [0.29, 0.717) is 25.1 Å². The standard InChI is InChI=1S/C19H24FN3O2.C2HF3O2/c20-17-7-4-15(5-8-17)19-16(14-22-25-19)6-9-18(24)21-10-13-23-11-2-1-3-12-23;3-2(4,5)1(6)7/h4-5,7-8,14H,1-3,6,9-13H2,(H,21,24);(H,6,7). The van der Waals surface area contributed by atoms with Gasteiger partial charge in [0.05, 0.1) is 6.20 Å². The molecule has 2 heterocycles. The summed E-state index contributed by atoms with van der Waals surface area (Å²) in [6, 6.07) is 6.07. The van der Waals surface area contributed by atoms with E-state index in [2.05, 4.69) is 15.4 Å². The fourth-order valence-corrected chi connectivity index (χ4v) is 3.15. The predicted molar refractivity (Wildman–Crippen MR) is 107 cm³/mol. The van der Waals surface area contributed by atoms with Gasteiger partial charge in [0.2, 0.25) is 5.91 Å². The molecular weight excluding hydrogens is 434 g/mol. The molecule has 7 nitrogen and oxygen atoms in total. The van der Waals surface area contributed by atoms with Crippen LogP contribution in [0.4, 0.5) is 17.6 Å². The van der Waals surface area contributed by atoms with Gasteiger partial charge in [-0.1, -0.05) is 11.6 Å². The predicted octanol–water partition coefficient (Wildman–Crippen LogP) is 3.65. The molecule has 32 heavy (non-hydrogen) atoms. The molecule has 1 aromatic heterocycles. The Kier molecular flexibility index (Phi) is 9.63. The van der Waals surface area contributed by atoms with Crippen LogP contribution >= 0.6 is 0 Å². The molecule has 2 aromatic rings. The lowest BCUT2D eigenvalue weighted by Crippen LogP contribution is -2.37. The van der Waals surface area contributed by atoms with E-state index in [0.717, 1.165) is 30.8 Å². The highest BCUT2D eigenvalue weighted by Gasteiger charge is 2.38. The molecule has 11 heteroatoms. The molecule has 3 rings (SSSR count). The summed E-state index contributed by atoms with van der Waals surface area (Å²) in [5.41, 5.74) is 1.62. The molecular formula is C21H25F4N3O4. The van der Waals surface area contributed by atoms with E-state index >= 15 is 0 Å². The van der Waals surface area contributed by atoms with Gasteiger partial charge in [0.1, 0.15) is 5.82 Å². The van der Waals surface area contributed by atoms with Gasteiger partial charge in [-0.3, -0.25) is 4.79 Å². The summed E-state index contributed by atoms with van der Waals surface area (Å²) in [4.78, 5) is 23.3. The number of amides is 1. The lowest BCUT2D eigenvalue weighted by Gasteiger charge is -2.26. The topological polar surface area (TPSA) is 95.7 Å². The number of benzene rings is 1. The van der Waals surface area contributed by atoms with Crippen molar-refractivity contribution in [3.63, 3.8) is 0 Å². The molecule has 0 aliphatic carbocycles. The van der Waals surface area contributed by atoms with Crippen molar-refractivity contribution in [1.82, 2.24) is 15.4 Å². The van der Waals surface area contributed by atoms with Crippen molar-refractivity contribution in [2.45, 2.75) is 38.3 Å². The van der Waals surface area contributed by atoms with Gasteiger partial charge in [0, 0.05) is 30.6 Å². The van der Waals surface area contributed by atoms with Gasteiger partial charge in [-0.2, -0.15) is 13.2 Å². The minimum atomic E-state index is -5.08. The number of rotatable bonds is 7. The molecule has 0 saturated carbocycles. The maximum absolute atomic E-state index is 13.0. The molecule has 1 fully saturated rings. The number of aryl methyl sites for hydroxylation is 1. The van der Waals surface area contributed by atoms with Gasteiger partial charge in [0.25, 0.3) is 0 Å². The maximum atomic E-state index is 13.0. The van der Waals surface area contributed by atoms with Crippen LogP contribution in [0, 0.1) is 5.82 Å². The third-order valence-corrected chi connectivity index (χ3v) is 4.81. The zero-order valence-electron chi connectivity index (χ0n) is 17.3. The van der Waals surface area contributed by atoms with E-state index < -0.39 is 12.1 Å². The van der Waals surface area contributed by atoms with E-state index in [1.165, 1.54) is 31.4 Å². The van der Waals surface area contributed by atoms with E-state index in [9.17, 15) is 22.4 Å². The van der Waals surface area contributed by atoms with Crippen LogP contribution in [-0.4, -0.2) is 59.4 Å². The van der Waals surface area contributed by atoms with Crippen LogP contribution in [0.2, 0.25) is 0 Å². The minimum Gasteiger partial charge on any atom is -0.475 e. The number of carbonyl (C=O) groups excluding carboxylic acids is 1. The molecule has 0 radical (unpaired) electrons. The molecule has 1 aromatic carbocycles. The number of aliphatic carboxylic acids is 1. The number of halogens is 4. The van der Waals surface area contributed by atoms with E-state index in [4.69, 9.17) is 14.4 Å². The third kappa shape index (κ3) is 8.66. The second-order valence-corrected chi connectivity index (χ2v) is 7.24. The monoisotopic (exact) mass is 459 g/mol. The number of hydrogen-bond donors (Lipinski definition) is 2. The van der Waals surface area contributed by atoms with Crippen molar-refractivity contribution < 1.29 is 36.8 Å². The summed E-state index contributed by atoms with van der Waals surface area (Å²) >= 11 is 0. The molecule has 0 spiro atoms. The Labute approximate surface area is 182 Å². The number of hydrogen-bond acceptors (Lipinski definition) is 5. The first-order chi connectivity index (χ1) is 15.2. The first-order valence-corrected chi connectivity index (χ1v) is 10.2. The lowest BCUT2D eigenvalue weighted by molar-refractivity contribution is -0.192. The first-order valence-electron chi connectivity index (χ1n) is 10.2. The highest BCUT2D eigenvalue weighted by Crippen LogP contribution is 2.24. The van der Waals surface area contributed by atoms with Gasteiger partial charge in [0.15, 0.2) is 5.76 Å². The maximum Gasteiger partial charge on any atom is 0.490 e. The second-order valence-electron chi connectivity index (χ2n) is 7.24. The van der Waals surface area contributed by atoms with E-state index in [-0.39, 0.29) is 11.7 Å². The van der Waals surface area contributed by atoms with Crippen molar-refractivity contribution in [3.05, 3.63) is 41.8 Å². The highest BCUT2D eigenvalue weighted by molar-refractivity contribution is 5.76. The summed E-state index contributed by atoms with van der Waals surface area (Å²) in [5.74, 6) is -2.42. The van der Waals surface area contributed by atoms with Crippen LogP contribution in [0.5, 0.6) is 0 Å². The Morgan fingerprint density at radius 1 is 1.12 bits per heavy atom. The molecule has 0 atom stereocenters. The van der Waals surface area contributed by atoms with E-state index in [1.807, 2.05) is 0 Å². The minimum absolute atomic E-state index is 0.0308. The fourth-order valence-electron chi connectivity index (χ4n) is 3.15. The number of aromatic nitrogens is 1. The first kappa shape index (κ1) is 25.3. The van der Waals surface area contributed by atoms with Crippen LogP contribution in [0.3, 0.4) is 0 Å². The fraction of sp³-hybridized carbons (Fsp3) is 0.476. The molecule has 2 N–H and O–H groups in total. The molecule has 0 unspecified atom stereocenters. The Morgan fingerprint density at radius 2 is 1.75 bits per heavy atom. The lowest BCUT2D eigenvalue weighted by atomic mass is 10.1. The van der Waals surface area contributed by atoms with Gasteiger partial charge < -0.3 is 19.8 Å². The number of carboxylic acid groups (broad SMARTS) is 1. The smallest absolute Gasteiger partial charge is 0.475 e. The average Bonchev–Trinajstić information content (AvgIpc) is 3.22. The van der Waals surface area contributed by atoms with Gasteiger partial charge in [-0.25, -0.2) is 9.18 Å². The van der Waals surface area contributed by atoms with Gasteiger partial charge in [-0.15, -0.1) is 0 Å². The van der Waals surface area contributed by atoms with Crippen molar-refractivity contribution in [1.29, 1.82) is 0 Å². The normalized spacial score (nSPS) is 14.4. The van der Waals surface area contributed by atoms with Crippen LogP contribution in [-0.2, 0) is 16.0 Å². The largest absolute Gasteiger partial charge is 0.490 e. The van der Waals surface area contributed by atoms with Gasteiger partial charge in [-0.05, 0) is 56.6 Å². The van der Waals surface area contributed by atoms with Crippen molar-refractivity contribution in [3.8, 4) is 11.3 Å². The van der Waals surface area contributed by atoms with Crippen LogP contribution in [0.15, 0.2) is 35.0 Å². The molecule has 176 valence electrons. The Hall–Kier alpha value is -2.95. The number of likely N-dealkylation sites (tertiary alicyclic amines) is 1. The number of nitrogens with zero attached hydrogens (tertiary/aromatic N) is 2. The summed E-state index contributed by atoms with van der Waals surface area (Å²) in [6.45, 7) is 3.88.